The number of benzene rings is 2. The molecule has 2 aromatic rings. The summed E-state index contributed by atoms with van der Waals surface area (Å²) in [5.74, 6) is 0.0145. The number of rotatable bonds is 9. The first-order valence-electron chi connectivity index (χ1n) is 9.96. The van der Waals surface area contributed by atoms with Gasteiger partial charge in [0.1, 0.15) is 6.04 Å². The van der Waals surface area contributed by atoms with Crippen LogP contribution in [0.25, 0.3) is 0 Å². The average molecular weight is 470 g/mol. The molecule has 0 fully saturated rings. The zero-order chi connectivity index (χ0) is 22.3. The van der Waals surface area contributed by atoms with Crippen LogP contribution in [0.1, 0.15) is 38.3 Å². The van der Waals surface area contributed by atoms with E-state index in [-0.39, 0.29) is 18.2 Å². The van der Waals surface area contributed by atoms with Crippen LogP contribution in [-0.4, -0.2) is 29.3 Å². The summed E-state index contributed by atoms with van der Waals surface area (Å²) in [5, 5.41) is 4.40. The molecule has 162 valence electrons. The molecule has 0 bridgehead atoms. The van der Waals surface area contributed by atoms with Crippen molar-refractivity contribution in [3.63, 3.8) is 0 Å². The Morgan fingerprint density at radius 2 is 1.60 bits per heavy atom. The summed E-state index contributed by atoms with van der Waals surface area (Å²) in [5.41, 5.74) is 1.64. The van der Waals surface area contributed by atoms with E-state index in [1.165, 1.54) is 0 Å². The topological polar surface area (TPSA) is 49.4 Å². The quantitative estimate of drug-likeness (QED) is 0.507. The maximum Gasteiger partial charge on any atom is 0.242 e. The van der Waals surface area contributed by atoms with E-state index in [9.17, 15) is 9.59 Å². The number of halogens is 3. The van der Waals surface area contributed by atoms with Gasteiger partial charge in [0, 0.05) is 18.1 Å². The molecule has 1 atom stereocenters. The van der Waals surface area contributed by atoms with E-state index < -0.39 is 6.04 Å². The van der Waals surface area contributed by atoms with Crippen LogP contribution in [0.2, 0.25) is 15.1 Å². The van der Waals surface area contributed by atoms with Crippen molar-refractivity contribution in [2.45, 2.75) is 46.2 Å². The van der Waals surface area contributed by atoms with Crippen molar-refractivity contribution in [3.05, 3.63) is 68.7 Å². The first-order chi connectivity index (χ1) is 14.2. The van der Waals surface area contributed by atoms with E-state index in [2.05, 4.69) is 5.32 Å². The molecule has 1 N–H and O–H groups in total. The van der Waals surface area contributed by atoms with Crippen LogP contribution in [0, 0.1) is 5.92 Å². The van der Waals surface area contributed by atoms with Gasteiger partial charge in [-0.25, -0.2) is 0 Å². The van der Waals surface area contributed by atoms with Gasteiger partial charge in [-0.2, -0.15) is 0 Å². The first kappa shape index (κ1) is 24.5. The van der Waals surface area contributed by atoms with Gasteiger partial charge in [-0.15, -0.1) is 0 Å². The van der Waals surface area contributed by atoms with Gasteiger partial charge < -0.3 is 10.2 Å². The molecule has 0 radical (unpaired) electrons. The predicted octanol–water partition coefficient (Wildman–Crippen LogP) is 5.77. The van der Waals surface area contributed by atoms with Crippen molar-refractivity contribution in [1.82, 2.24) is 10.2 Å². The van der Waals surface area contributed by atoms with Crippen molar-refractivity contribution < 1.29 is 9.59 Å². The molecule has 0 aliphatic carbocycles. The molecule has 2 amide bonds. The maximum atomic E-state index is 13.3. The van der Waals surface area contributed by atoms with Crippen molar-refractivity contribution in [1.29, 1.82) is 0 Å². The lowest BCUT2D eigenvalue weighted by molar-refractivity contribution is -0.141. The smallest absolute Gasteiger partial charge is 0.242 e. The van der Waals surface area contributed by atoms with Crippen LogP contribution >= 0.6 is 34.8 Å². The third-order valence-corrected chi connectivity index (χ3v) is 5.67. The average Bonchev–Trinajstić information content (AvgIpc) is 2.70. The second kappa shape index (κ2) is 11.6. The summed E-state index contributed by atoms with van der Waals surface area (Å²) >= 11 is 18.1. The second-order valence-corrected chi connectivity index (χ2v) is 8.89. The summed E-state index contributed by atoms with van der Waals surface area (Å²) in [6.45, 7) is 6.83. The Labute approximate surface area is 193 Å². The lowest BCUT2D eigenvalue weighted by Crippen LogP contribution is -2.50. The zero-order valence-corrected chi connectivity index (χ0v) is 19.7. The normalized spacial score (nSPS) is 12.0. The zero-order valence-electron chi connectivity index (χ0n) is 17.4. The fraction of sp³-hybridized carbons (Fsp3) is 0.391. The highest BCUT2D eigenvalue weighted by Gasteiger charge is 2.28. The monoisotopic (exact) mass is 468 g/mol. The van der Waals surface area contributed by atoms with E-state index in [1.54, 1.807) is 35.2 Å². The molecule has 0 saturated heterocycles. The molecule has 0 spiro atoms. The molecule has 0 heterocycles. The van der Waals surface area contributed by atoms with Crippen molar-refractivity contribution in [2.24, 2.45) is 5.92 Å². The highest BCUT2D eigenvalue weighted by Crippen LogP contribution is 2.24. The number of hydrogen-bond acceptors (Lipinski definition) is 2. The number of hydrogen-bond donors (Lipinski definition) is 1. The molecule has 4 nitrogen and oxygen atoms in total. The highest BCUT2D eigenvalue weighted by atomic mass is 35.5. The van der Waals surface area contributed by atoms with Crippen LogP contribution < -0.4 is 5.32 Å². The molecule has 0 aliphatic rings. The van der Waals surface area contributed by atoms with Gasteiger partial charge in [-0.05, 0) is 47.7 Å². The summed E-state index contributed by atoms with van der Waals surface area (Å²) < 4.78 is 0. The molecule has 7 heteroatoms. The van der Waals surface area contributed by atoms with Gasteiger partial charge in [-0.3, -0.25) is 9.59 Å². The number of nitrogens with zero attached hydrogens (tertiary/aromatic N) is 1. The SMILES string of the molecule is CC[C@@H](C(=O)NCC(C)C)N(Cc1ccc(Cl)cc1)C(=O)Cc1ccc(Cl)c(Cl)c1. The van der Waals surface area contributed by atoms with Gasteiger partial charge in [0.05, 0.1) is 16.5 Å². The Morgan fingerprint density at radius 3 is 2.17 bits per heavy atom. The molecular formula is C23H27Cl3N2O2. The number of carbonyl (C=O) groups is 2. The molecule has 0 aromatic heterocycles. The first-order valence-corrected chi connectivity index (χ1v) is 11.1. The molecular weight excluding hydrogens is 443 g/mol. The predicted molar refractivity (Wildman–Crippen MR) is 124 cm³/mol. The maximum absolute atomic E-state index is 13.3. The van der Waals surface area contributed by atoms with E-state index >= 15 is 0 Å². The van der Waals surface area contributed by atoms with E-state index in [0.717, 1.165) is 11.1 Å². The van der Waals surface area contributed by atoms with Crippen molar-refractivity contribution in [3.8, 4) is 0 Å². The van der Waals surface area contributed by atoms with Crippen LogP contribution in [0.5, 0.6) is 0 Å². The van der Waals surface area contributed by atoms with Gasteiger partial charge in [0.25, 0.3) is 0 Å². The van der Waals surface area contributed by atoms with Crippen molar-refractivity contribution in [2.75, 3.05) is 6.54 Å². The molecule has 2 rings (SSSR count). The van der Waals surface area contributed by atoms with Gasteiger partial charge in [-0.1, -0.05) is 73.8 Å². The molecule has 30 heavy (non-hydrogen) atoms. The lowest BCUT2D eigenvalue weighted by atomic mass is 10.1. The molecule has 2 aromatic carbocycles. The van der Waals surface area contributed by atoms with E-state index in [4.69, 9.17) is 34.8 Å². The Balaban J connectivity index is 2.27. The Morgan fingerprint density at radius 1 is 0.967 bits per heavy atom. The van der Waals surface area contributed by atoms with Crippen molar-refractivity contribution >= 4 is 46.6 Å². The third kappa shape index (κ3) is 7.19. The molecule has 0 unspecified atom stereocenters. The Hall–Kier alpha value is -1.75. The third-order valence-electron chi connectivity index (χ3n) is 4.68. The Bertz CT molecular complexity index is 869. The number of amides is 2. The summed E-state index contributed by atoms with van der Waals surface area (Å²) in [4.78, 5) is 27.7. The van der Waals surface area contributed by atoms with Gasteiger partial charge in [0.2, 0.25) is 11.8 Å². The minimum atomic E-state index is -0.574. The summed E-state index contributed by atoms with van der Waals surface area (Å²) in [6.07, 6.45) is 0.628. The fourth-order valence-electron chi connectivity index (χ4n) is 3.05. The number of nitrogens with one attached hydrogen (secondary N) is 1. The highest BCUT2D eigenvalue weighted by molar-refractivity contribution is 6.42. The standard InChI is InChI=1S/C23H27Cl3N2O2/c1-4-21(23(30)27-13-15(2)3)28(14-16-5-8-18(24)9-6-16)22(29)12-17-7-10-19(25)20(26)11-17/h5-11,15,21H,4,12-14H2,1-3H3,(H,27,30)/t21-/m0/s1. The Kier molecular flexibility index (Phi) is 9.47. The lowest BCUT2D eigenvalue weighted by Gasteiger charge is -2.31. The van der Waals surface area contributed by atoms with Crippen LogP contribution in [0.3, 0.4) is 0 Å². The largest absolute Gasteiger partial charge is 0.354 e. The number of carbonyl (C=O) groups excluding carboxylic acids is 2. The van der Waals surface area contributed by atoms with E-state index in [1.807, 2.05) is 32.9 Å². The minimum absolute atomic E-state index is 0.123. The minimum Gasteiger partial charge on any atom is -0.354 e. The summed E-state index contributed by atoms with van der Waals surface area (Å²) in [6, 6.07) is 11.8. The molecule has 0 aliphatic heterocycles. The summed E-state index contributed by atoms with van der Waals surface area (Å²) in [7, 11) is 0. The van der Waals surface area contributed by atoms with Crippen LogP contribution in [0.4, 0.5) is 0 Å². The van der Waals surface area contributed by atoms with Crippen LogP contribution in [-0.2, 0) is 22.6 Å². The fourth-order valence-corrected chi connectivity index (χ4v) is 3.50. The van der Waals surface area contributed by atoms with E-state index in [0.29, 0.717) is 40.5 Å². The van der Waals surface area contributed by atoms with Crippen LogP contribution in [0.15, 0.2) is 42.5 Å². The van der Waals surface area contributed by atoms with Gasteiger partial charge >= 0.3 is 0 Å². The molecule has 0 saturated carbocycles. The van der Waals surface area contributed by atoms with Gasteiger partial charge in [0.15, 0.2) is 0 Å². The second-order valence-electron chi connectivity index (χ2n) is 7.64.